The summed E-state index contributed by atoms with van der Waals surface area (Å²) in [5.74, 6) is -0.183. The molecule has 7 nitrogen and oxygen atoms in total. The van der Waals surface area contributed by atoms with E-state index in [1.54, 1.807) is 32.4 Å². The summed E-state index contributed by atoms with van der Waals surface area (Å²) in [5, 5.41) is 7.25. The van der Waals surface area contributed by atoms with Gasteiger partial charge in [-0.15, -0.1) is 0 Å². The maximum absolute atomic E-state index is 13.3. The summed E-state index contributed by atoms with van der Waals surface area (Å²) in [6.45, 7) is 6.10. The lowest BCUT2D eigenvalue weighted by atomic mass is 10.1. The van der Waals surface area contributed by atoms with Crippen molar-refractivity contribution in [1.82, 2.24) is 25.1 Å². The summed E-state index contributed by atoms with van der Waals surface area (Å²) < 4.78 is 19.9. The second kappa shape index (κ2) is 8.91. The van der Waals surface area contributed by atoms with Gasteiger partial charge < -0.3 is 10.1 Å². The molecule has 0 aliphatic carbocycles. The number of nitrogens with one attached hydrogen (secondary N) is 1. The number of nitrogens with zero attached hydrogens (tertiary/aromatic N) is 4. The van der Waals surface area contributed by atoms with E-state index < -0.39 is 0 Å². The minimum Gasteiger partial charge on any atom is -0.383 e. The van der Waals surface area contributed by atoms with Gasteiger partial charge in [-0.3, -0.25) is 4.79 Å². The van der Waals surface area contributed by atoms with Crippen molar-refractivity contribution in [2.24, 2.45) is 0 Å². The molecule has 0 bridgehead atoms. The second-order valence-corrected chi connectivity index (χ2v) is 6.80. The van der Waals surface area contributed by atoms with Crippen molar-refractivity contribution in [3.05, 3.63) is 59.3 Å². The zero-order valence-electron chi connectivity index (χ0n) is 16.9. The van der Waals surface area contributed by atoms with Crippen LogP contribution in [0.5, 0.6) is 0 Å². The number of amides is 1. The van der Waals surface area contributed by atoms with E-state index in [0.29, 0.717) is 29.5 Å². The predicted molar refractivity (Wildman–Crippen MR) is 107 cm³/mol. The van der Waals surface area contributed by atoms with E-state index in [4.69, 9.17) is 4.74 Å². The van der Waals surface area contributed by atoms with Crippen LogP contribution in [0.3, 0.4) is 0 Å². The topological polar surface area (TPSA) is 81.9 Å². The fourth-order valence-electron chi connectivity index (χ4n) is 2.99. The Labute approximate surface area is 169 Å². The molecular formula is C21H24FN5O2. The molecular weight excluding hydrogens is 373 g/mol. The van der Waals surface area contributed by atoms with Crippen LogP contribution < -0.4 is 5.32 Å². The molecule has 3 aromatic rings. The number of benzene rings is 1. The molecule has 0 unspecified atom stereocenters. The summed E-state index contributed by atoms with van der Waals surface area (Å²) in [5.41, 5.74) is 3.40. The Hall–Kier alpha value is -3.13. The number of hydrogen-bond acceptors (Lipinski definition) is 5. The van der Waals surface area contributed by atoms with Gasteiger partial charge in [-0.2, -0.15) is 5.10 Å². The monoisotopic (exact) mass is 397 g/mol. The molecule has 1 atom stereocenters. The molecule has 0 radical (unpaired) electrons. The molecule has 8 heteroatoms. The van der Waals surface area contributed by atoms with Crippen LogP contribution in [0, 0.1) is 19.7 Å². The first-order valence-electron chi connectivity index (χ1n) is 9.39. The lowest BCUT2D eigenvalue weighted by molar-refractivity contribution is 0.0894. The second-order valence-electron chi connectivity index (χ2n) is 6.80. The fourth-order valence-corrected chi connectivity index (χ4v) is 2.99. The predicted octanol–water partition coefficient (Wildman–Crippen LogP) is 3.24. The quantitative estimate of drug-likeness (QED) is 0.662. The van der Waals surface area contributed by atoms with E-state index in [0.717, 1.165) is 17.5 Å². The highest BCUT2D eigenvalue weighted by Crippen LogP contribution is 2.22. The first kappa shape index (κ1) is 20.6. The van der Waals surface area contributed by atoms with E-state index in [1.807, 2.05) is 13.8 Å². The minimum atomic E-state index is -0.307. The molecule has 1 N–H and O–H groups in total. The molecule has 29 heavy (non-hydrogen) atoms. The highest BCUT2D eigenvalue weighted by molar-refractivity contribution is 5.95. The highest BCUT2D eigenvalue weighted by Gasteiger charge is 2.19. The van der Waals surface area contributed by atoms with Crippen molar-refractivity contribution in [2.45, 2.75) is 33.2 Å². The van der Waals surface area contributed by atoms with E-state index in [1.165, 1.54) is 23.0 Å². The number of ether oxygens (including phenoxy) is 1. The van der Waals surface area contributed by atoms with Crippen molar-refractivity contribution >= 4 is 5.91 Å². The van der Waals surface area contributed by atoms with E-state index in [2.05, 4.69) is 20.4 Å². The van der Waals surface area contributed by atoms with Gasteiger partial charge in [-0.1, -0.05) is 6.92 Å². The Morgan fingerprint density at radius 2 is 1.97 bits per heavy atom. The maximum atomic E-state index is 13.3. The zero-order chi connectivity index (χ0) is 21.0. The highest BCUT2D eigenvalue weighted by atomic mass is 19.1. The normalized spacial score (nSPS) is 12.0. The lowest BCUT2D eigenvalue weighted by Crippen LogP contribution is -2.37. The van der Waals surface area contributed by atoms with E-state index in [-0.39, 0.29) is 17.8 Å². The van der Waals surface area contributed by atoms with Gasteiger partial charge in [0.1, 0.15) is 5.82 Å². The number of halogens is 1. The van der Waals surface area contributed by atoms with Crippen LogP contribution >= 0.6 is 0 Å². The summed E-state index contributed by atoms with van der Waals surface area (Å²) >= 11 is 0. The van der Waals surface area contributed by atoms with Gasteiger partial charge in [0.05, 0.1) is 35.8 Å². The van der Waals surface area contributed by atoms with Crippen LogP contribution in [0.15, 0.2) is 36.7 Å². The Balaban J connectivity index is 1.91. The molecule has 3 rings (SSSR count). The van der Waals surface area contributed by atoms with E-state index >= 15 is 0 Å². The number of aromatic nitrogens is 4. The number of aryl methyl sites for hydroxylation is 1. The van der Waals surface area contributed by atoms with Gasteiger partial charge in [-0.05, 0) is 50.1 Å². The van der Waals surface area contributed by atoms with Gasteiger partial charge in [0, 0.05) is 18.9 Å². The largest absolute Gasteiger partial charge is 0.383 e. The van der Waals surface area contributed by atoms with Gasteiger partial charge in [0.15, 0.2) is 0 Å². The molecule has 2 heterocycles. The lowest BCUT2D eigenvalue weighted by Gasteiger charge is -2.15. The van der Waals surface area contributed by atoms with Crippen LogP contribution in [-0.4, -0.2) is 45.4 Å². The molecule has 0 aliphatic rings. The van der Waals surface area contributed by atoms with Gasteiger partial charge in [0.25, 0.3) is 11.9 Å². The first-order chi connectivity index (χ1) is 13.9. The summed E-state index contributed by atoms with van der Waals surface area (Å²) in [7, 11) is 1.60. The number of carbonyl (C=O) groups excluding carboxylic acids is 1. The number of rotatable bonds is 7. The molecule has 0 fully saturated rings. The van der Waals surface area contributed by atoms with Crippen molar-refractivity contribution in [3.63, 3.8) is 0 Å². The molecule has 1 aromatic carbocycles. The molecule has 2 aromatic heterocycles. The van der Waals surface area contributed by atoms with Crippen LogP contribution in [0.25, 0.3) is 17.2 Å². The van der Waals surface area contributed by atoms with Crippen molar-refractivity contribution in [1.29, 1.82) is 0 Å². The van der Waals surface area contributed by atoms with Crippen LogP contribution in [0.2, 0.25) is 0 Å². The first-order valence-corrected chi connectivity index (χ1v) is 9.39. The third kappa shape index (κ3) is 4.48. The van der Waals surface area contributed by atoms with Gasteiger partial charge >= 0.3 is 0 Å². The molecule has 0 aliphatic heterocycles. The van der Waals surface area contributed by atoms with E-state index in [9.17, 15) is 9.18 Å². The Morgan fingerprint density at radius 3 is 2.62 bits per heavy atom. The SMILES string of the molecule is CC[C@H](COC)NC(=O)c1cnn(-c2ncc(C)c(-c3ccc(F)cc3)n2)c1C. The van der Waals surface area contributed by atoms with Crippen LogP contribution in [-0.2, 0) is 4.74 Å². The van der Waals surface area contributed by atoms with Crippen LogP contribution in [0.1, 0.15) is 35.0 Å². The van der Waals surface area contributed by atoms with Crippen molar-refractivity contribution < 1.29 is 13.9 Å². The van der Waals surface area contributed by atoms with Gasteiger partial charge in [0.2, 0.25) is 0 Å². The third-order valence-corrected chi connectivity index (χ3v) is 4.72. The Kier molecular flexibility index (Phi) is 6.33. The molecule has 0 saturated carbocycles. The Bertz CT molecular complexity index is 1000. The molecule has 152 valence electrons. The molecule has 1 amide bonds. The number of hydrogen-bond donors (Lipinski definition) is 1. The number of methoxy groups -OCH3 is 1. The molecule has 0 spiro atoms. The maximum Gasteiger partial charge on any atom is 0.255 e. The molecule has 0 saturated heterocycles. The fraction of sp³-hybridized carbons (Fsp3) is 0.333. The minimum absolute atomic E-state index is 0.0732. The van der Waals surface area contributed by atoms with Crippen molar-refractivity contribution in [3.8, 4) is 17.2 Å². The standard InChI is InChI=1S/C21H24FN5O2/c1-5-17(12-29-4)25-20(28)18-11-24-27(14(18)3)21-23-10-13(2)19(26-21)15-6-8-16(22)9-7-15/h6-11,17H,5,12H2,1-4H3,(H,25,28)/t17-/m1/s1. The summed E-state index contributed by atoms with van der Waals surface area (Å²) in [6.07, 6.45) is 3.95. The average molecular weight is 397 g/mol. The summed E-state index contributed by atoms with van der Waals surface area (Å²) in [4.78, 5) is 21.6. The van der Waals surface area contributed by atoms with Crippen molar-refractivity contribution in [2.75, 3.05) is 13.7 Å². The Morgan fingerprint density at radius 1 is 1.24 bits per heavy atom. The smallest absolute Gasteiger partial charge is 0.255 e. The zero-order valence-corrected chi connectivity index (χ0v) is 16.9. The van der Waals surface area contributed by atoms with Crippen LogP contribution in [0.4, 0.5) is 4.39 Å². The number of carbonyl (C=O) groups is 1. The van der Waals surface area contributed by atoms with Gasteiger partial charge in [-0.25, -0.2) is 19.0 Å². The third-order valence-electron chi connectivity index (χ3n) is 4.72. The average Bonchev–Trinajstić information content (AvgIpc) is 3.10. The summed E-state index contributed by atoms with van der Waals surface area (Å²) in [6, 6.07) is 6.05.